The third-order valence-electron chi connectivity index (χ3n) is 8.45. The zero-order valence-electron chi connectivity index (χ0n) is 21.9. The minimum absolute atomic E-state index is 0.157. The molecule has 3 fully saturated rings. The van der Waals surface area contributed by atoms with E-state index >= 15 is 0 Å². The fraction of sp³-hybridized carbons (Fsp3) is 0.500. The molecule has 2 unspecified atom stereocenters. The summed E-state index contributed by atoms with van der Waals surface area (Å²) in [6.45, 7) is 5.27. The van der Waals surface area contributed by atoms with Gasteiger partial charge in [0, 0.05) is 49.9 Å². The van der Waals surface area contributed by atoms with Crippen molar-refractivity contribution >= 4 is 23.4 Å². The fourth-order valence-corrected chi connectivity index (χ4v) is 6.35. The predicted octanol–water partition coefficient (Wildman–Crippen LogP) is 3.48. The molecule has 200 valence electrons. The number of benzene rings is 2. The lowest BCUT2D eigenvalue weighted by molar-refractivity contribution is -0.136. The molecule has 0 bridgehead atoms. The summed E-state index contributed by atoms with van der Waals surface area (Å²) in [5.74, 6) is -0.0664. The van der Waals surface area contributed by atoms with Gasteiger partial charge in [-0.25, -0.2) is 0 Å². The molecule has 0 saturated carbocycles. The van der Waals surface area contributed by atoms with Gasteiger partial charge in [-0.3, -0.25) is 24.6 Å². The molecule has 3 saturated heterocycles. The van der Waals surface area contributed by atoms with Crippen molar-refractivity contribution in [2.45, 2.75) is 70.1 Å². The zero-order chi connectivity index (χ0) is 26.1. The first-order valence-corrected chi connectivity index (χ1v) is 14.0. The number of fused-ring (bicyclic) bond motifs is 1. The third kappa shape index (κ3) is 5.14. The van der Waals surface area contributed by atoms with E-state index in [9.17, 15) is 14.4 Å². The van der Waals surface area contributed by atoms with Crippen molar-refractivity contribution < 1.29 is 19.1 Å². The minimum Gasteiger partial charge on any atom is -0.492 e. The number of hydrogen-bond donors (Lipinski definition) is 1. The number of hydrogen-bond acceptors (Lipinski definition) is 6. The van der Waals surface area contributed by atoms with Gasteiger partial charge in [0.2, 0.25) is 11.8 Å². The van der Waals surface area contributed by atoms with Crippen LogP contribution in [-0.2, 0) is 22.7 Å². The minimum atomic E-state index is -0.600. The smallest absolute Gasteiger partial charge is 0.255 e. The van der Waals surface area contributed by atoms with E-state index in [0.717, 1.165) is 43.9 Å². The van der Waals surface area contributed by atoms with E-state index < -0.39 is 6.04 Å². The Morgan fingerprint density at radius 2 is 1.76 bits per heavy atom. The van der Waals surface area contributed by atoms with Crippen LogP contribution in [0.2, 0.25) is 0 Å². The van der Waals surface area contributed by atoms with Crippen molar-refractivity contribution in [2.24, 2.45) is 0 Å². The Hall–Kier alpha value is -3.39. The largest absolute Gasteiger partial charge is 0.492 e. The van der Waals surface area contributed by atoms with E-state index in [-0.39, 0.29) is 24.1 Å². The highest BCUT2D eigenvalue weighted by molar-refractivity contribution is 6.05. The predicted molar refractivity (Wildman–Crippen MR) is 144 cm³/mol. The average molecular weight is 517 g/mol. The maximum Gasteiger partial charge on any atom is 0.255 e. The molecule has 2 aromatic carbocycles. The first-order valence-electron chi connectivity index (χ1n) is 14.0. The number of amides is 3. The Morgan fingerprint density at radius 1 is 0.921 bits per heavy atom. The van der Waals surface area contributed by atoms with Crippen LogP contribution in [0.5, 0.6) is 5.75 Å². The number of nitrogens with one attached hydrogen (secondary N) is 1. The normalized spacial score (nSPS) is 24.1. The Bertz CT molecular complexity index is 1220. The van der Waals surface area contributed by atoms with Gasteiger partial charge in [0.05, 0.1) is 0 Å². The molecule has 2 atom stereocenters. The van der Waals surface area contributed by atoms with Crippen molar-refractivity contribution in [3.05, 3.63) is 59.2 Å². The van der Waals surface area contributed by atoms with Crippen LogP contribution >= 0.6 is 0 Å². The second-order valence-corrected chi connectivity index (χ2v) is 11.0. The summed E-state index contributed by atoms with van der Waals surface area (Å²) in [5.41, 5.74) is 4.17. The summed E-state index contributed by atoms with van der Waals surface area (Å²) in [5, 5.41) is 2.36. The molecule has 0 radical (unpaired) electrons. The molecule has 8 heteroatoms. The van der Waals surface area contributed by atoms with Crippen LogP contribution in [0.3, 0.4) is 0 Å². The van der Waals surface area contributed by atoms with E-state index in [1.54, 1.807) is 11.0 Å². The van der Waals surface area contributed by atoms with Crippen LogP contribution in [-0.4, -0.2) is 65.8 Å². The molecule has 0 aliphatic carbocycles. The molecule has 6 rings (SSSR count). The highest BCUT2D eigenvalue weighted by Crippen LogP contribution is 2.31. The lowest BCUT2D eigenvalue weighted by Gasteiger charge is -2.35. The first kappa shape index (κ1) is 24.9. The van der Waals surface area contributed by atoms with Gasteiger partial charge >= 0.3 is 0 Å². The van der Waals surface area contributed by atoms with Crippen LogP contribution in [0.25, 0.3) is 0 Å². The van der Waals surface area contributed by atoms with Gasteiger partial charge in [-0.15, -0.1) is 0 Å². The van der Waals surface area contributed by atoms with Gasteiger partial charge in [0.1, 0.15) is 18.4 Å². The van der Waals surface area contributed by atoms with Gasteiger partial charge in [-0.2, -0.15) is 0 Å². The lowest BCUT2D eigenvalue weighted by Crippen LogP contribution is -2.52. The van der Waals surface area contributed by atoms with Gasteiger partial charge in [0.15, 0.2) is 0 Å². The van der Waals surface area contributed by atoms with Crippen molar-refractivity contribution in [2.75, 3.05) is 31.1 Å². The van der Waals surface area contributed by atoms with E-state index in [0.29, 0.717) is 31.2 Å². The second kappa shape index (κ2) is 10.8. The molecule has 1 N–H and O–H groups in total. The highest BCUT2D eigenvalue weighted by atomic mass is 16.5. The molecule has 0 aromatic heterocycles. The molecular weight excluding hydrogens is 480 g/mol. The second-order valence-electron chi connectivity index (χ2n) is 11.0. The SMILES string of the molecule is O=C1CCC(N2Cc3cc(OCC4CCCCN4Cc4cccc(N5CCCC5)c4)ccc3C2=O)C(=O)N1. The maximum absolute atomic E-state index is 13.0. The maximum atomic E-state index is 13.0. The topological polar surface area (TPSA) is 82.2 Å². The van der Waals surface area contributed by atoms with Crippen molar-refractivity contribution in [3.8, 4) is 5.75 Å². The van der Waals surface area contributed by atoms with E-state index in [4.69, 9.17) is 4.74 Å². The van der Waals surface area contributed by atoms with Gasteiger partial charge in [-0.05, 0) is 80.1 Å². The Labute approximate surface area is 223 Å². The summed E-state index contributed by atoms with van der Waals surface area (Å²) in [6, 6.07) is 14.3. The number of carbonyl (C=O) groups is 3. The quantitative estimate of drug-likeness (QED) is 0.568. The summed E-state index contributed by atoms with van der Waals surface area (Å²) in [6.07, 6.45) is 6.70. The number of nitrogens with zero attached hydrogens (tertiary/aromatic N) is 3. The molecule has 4 heterocycles. The monoisotopic (exact) mass is 516 g/mol. The third-order valence-corrected chi connectivity index (χ3v) is 8.45. The average Bonchev–Trinajstić information content (AvgIpc) is 3.57. The van der Waals surface area contributed by atoms with Gasteiger partial charge in [0.25, 0.3) is 5.91 Å². The van der Waals surface area contributed by atoms with Gasteiger partial charge in [-0.1, -0.05) is 18.6 Å². The number of carbonyl (C=O) groups excluding carboxylic acids is 3. The summed E-state index contributed by atoms with van der Waals surface area (Å²) in [4.78, 5) is 43.4. The number of likely N-dealkylation sites (tertiary alicyclic amines) is 1. The Morgan fingerprint density at radius 3 is 2.61 bits per heavy atom. The van der Waals surface area contributed by atoms with Crippen LogP contribution in [0.4, 0.5) is 5.69 Å². The van der Waals surface area contributed by atoms with Crippen LogP contribution in [0.1, 0.15) is 66.4 Å². The van der Waals surface area contributed by atoms with Crippen LogP contribution in [0.15, 0.2) is 42.5 Å². The number of rotatable bonds is 7. The molecule has 38 heavy (non-hydrogen) atoms. The standard InChI is InChI=1S/C30H36N4O4/c35-28-12-11-27(29(36)31-28)34-19-22-17-25(9-10-26(22)30(34)37)38-20-24-7-1-2-15-33(24)18-21-6-5-8-23(16-21)32-13-3-4-14-32/h5-6,8-10,16-17,24,27H,1-4,7,11-15,18-20H2,(H,31,35,36). The molecule has 4 aliphatic rings. The summed E-state index contributed by atoms with van der Waals surface area (Å²) >= 11 is 0. The molecule has 3 amide bonds. The van der Waals surface area contributed by atoms with Crippen molar-refractivity contribution in [3.63, 3.8) is 0 Å². The zero-order valence-corrected chi connectivity index (χ0v) is 21.9. The molecule has 0 spiro atoms. The lowest BCUT2D eigenvalue weighted by atomic mass is 10.0. The number of piperidine rings is 2. The van der Waals surface area contributed by atoms with E-state index in [1.807, 2.05) is 12.1 Å². The van der Waals surface area contributed by atoms with Crippen molar-refractivity contribution in [1.29, 1.82) is 0 Å². The molecule has 8 nitrogen and oxygen atoms in total. The van der Waals surface area contributed by atoms with Crippen LogP contribution in [0, 0.1) is 0 Å². The number of anilines is 1. The van der Waals surface area contributed by atoms with Gasteiger partial charge < -0.3 is 14.5 Å². The Kier molecular flexibility index (Phi) is 7.06. The fourth-order valence-electron chi connectivity index (χ4n) is 6.35. The van der Waals surface area contributed by atoms with E-state index in [1.165, 1.54) is 36.9 Å². The van der Waals surface area contributed by atoms with Crippen molar-refractivity contribution in [1.82, 2.24) is 15.1 Å². The molecular formula is C30H36N4O4. The van der Waals surface area contributed by atoms with Crippen LogP contribution < -0.4 is 15.0 Å². The van der Waals surface area contributed by atoms with E-state index in [2.05, 4.69) is 39.4 Å². The summed E-state index contributed by atoms with van der Waals surface area (Å²) < 4.78 is 6.29. The molecule has 4 aliphatic heterocycles. The highest BCUT2D eigenvalue weighted by Gasteiger charge is 2.39. The summed E-state index contributed by atoms with van der Waals surface area (Å²) in [7, 11) is 0. The number of ether oxygens (including phenoxy) is 1. The number of imide groups is 1. The Balaban J connectivity index is 1.09. The first-order chi connectivity index (χ1) is 18.5. The molecule has 2 aromatic rings.